The molecule has 20 rings (SSSR count). The molecule has 20 aromatic rings. The summed E-state index contributed by atoms with van der Waals surface area (Å²) in [6.45, 7) is 29.9. The van der Waals surface area contributed by atoms with Gasteiger partial charge in [-0.25, -0.2) is 48.3 Å². The molecule has 0 saturated heterocycles. The van der Waals surface area contributed by atoms with E-state index >= 15 is 0 Å². The zero-order valence-electron chi connectivity index (χ0n) is 82.1. The van der Waals surface area contributed by atoms with Crippen LogP contribution >= 0.6 is 69.6 Å². The maximum absolute atomic E-state index is 12.9. The molecule has 730 valence electrons. The molecule has 0 radical (unpaired) electrons. The van der Waals surface area contributed by atoms with Crippen LogP contribution in [0.3, 0.4) is 0 Å². The van der Waals surface area contributed by atoms with Crippen LogP contribution in [0.1, 0.15) is 164 Å². The van der Waals surface area contributed by atoms with E-state index in [-0.39, 0.29) is 35.1 Å². The van der Waals surface area contributed by atoms with Gasteiger partial charge in [0.15, 0.2) is 28.2 Å². The molecule has 0 unspecified atom stereocenters. The number of aromatic nitrogens is 15. The molecule has 5 amide bonds. The van der Waals surface area contributed by atoms with Crippen molar-refractivity contribution < 1.29 is 28.7 Å². The van der Waals surface area contributed by atoms with Crippen molar-refractivity contribution in [3.05, 3.63) is 405 Å². The van der Waals surface area contributed by atoms with Crippen molar-refractivity contribution in [1.29, 1.82) is 0 Å². The second kappa shape index (κ2) is 44.4. The number of nitrogens with zero attached hydrogens (tertiary/aromatic N) is 15. The Morgan fingerprint density at radius 2 is 0.421 bits per heavy atom. The number of hydrogen-bond donors (Lipinski definition) is 5. The van der Waals surface area contributed by atoms with Crippen molar-refractivity contribution >= 4 is 183 Å². The lowest BCUT2D eigenvalue weighted by Gasteiger charge is -2.10. The number of ether oxygens (including phenoxy) is 1. The van der Waals surface area contributed by atoms with Crippen molar-refractivity contribution in [3.8, 4) is 34.2 Å². The highest BCUT2D eigenvalue weighted by Gasteiger charge is 2.28. The van der Waals surface area contributed by atoms with Gasteiger partial charge in [0.25, 0.3) is 29.5 Å². The lowest BCUT2D eigenvalue weighted by Crippen LogP contribution is -2.13. The van der Waals surface area contributed by atoms with E-state index in [4.69, 9.17) is 74.3 Å². The standard InChI is InChI=1S/2C24H23ClN4O.2C22H19ClN4O.C21H16Cl2N4O2/c2*1-14(2)17-7-9-18(10-8-17)27-24(30)20-13-26-23-21(22(20)25)16(4)28-29(23)19-11-5-15(3)6-12-19;2*1-13-4-8-16(9-5-13)25-22(28)18-12-24-21-19(20(18)23)15(3)26-27(21)17-10-6-14(2)7-11-17;1-12-18-19(23)17(21(28)25-14-5-3-13(22)4-6-14)11-24-20(18)27(26-12)15-7-9-16(29-2)10-8-15/h2*5-14H,1-4H3,(H,27,30);2*4-12H,1-3H3,(H,25,28);3-11H,1-2H3,(H,25,28). The molecule has 10 aromatic carbocycles. The van der Waals surface area contributed by atoms with Gasteiger partial charge in [-0.1, -0.05) is 228 Å². The van der Waals surface area contributed by atoms with Crippen LogP contribution < -0.4 is 31.3 Å². The fourth-order valence-electron chi connectivity index (χ4n) is 15.9. The third-order valence-corrected chi connectivity index (χ3v) is 26.3. The van der Waals surface area contributed by atoms with Crippen LogP contribution in [0.5, 0.6) is 5.75 Å². The molecule has 0 fully saturated rings. The molecule has 26 nitrogen and oxygen atoms in total. The van der Waals surface area contributed by atoms with Gasteiger partial charge in [-0.3, -0.25) is 24.0 Å². The molecule has 0 aliphatic heterocycles. The first-order chi connectivity index (χ1) is 69.5. The van der Waals surface area contributed by atoms with E-state index in [1.54, 1.807) is 54.8 Å². The predicted molar refractivity (Wildman–Crippen MR) is 583 cm³/mol. The molecular weight excluding hydrogens is 1950 g/mol. The summed E-state index contributed by atoms with van der Waals surface area (Å²) in [6, 6.07) is 77.1. The van der Waals surface area contributed by atoms with Gasteiger partial charge in [0.2, 0.25) is 0 Å². The van der Waals surface area contributed by atoms with Crippen molar-refractivity contribution in [1.82, 2.24) is 73.8 Å². The number of amides is 5. The number of methoxy groups -OCH3 is 1. The molecule has 32 heteroatoms. The third-order valence-electron chi connectivity index (χ3n) is 24.1. The molecule has 0 aliphatic carbocycles. The zero-order chi connectivity index (χ0) is 103. The number of pyridine rings is 5. The van der Waals surface area contributed by atoms with E-state index in [1.807, 2.05) is 295 Å². The number of nitrogens with one attached hydrogen (secondary N) is 5. The minimum atomic E-state index is -0.358. The van der Waals surface area contributed by atoms with Crippen LogP contribution in [0, 0.1) is 76.2 Å². The summed E-state index contributed by atoms with van der Waals surface area (Å²) in [6.07, 6.45) is 7.47. The van der Waals surface area contributed by atoms with Crippen molar-refractivity contribution in [2.75, 3.05) is 33.7 Å². The highest BCUT2D eigenvalue weighted by molar-refractivity contribution is 6.42. The molecular formula is C113H100Cl6N20O6. The summed E-state index contributed by atoms with van der Waals surface area (Å²) in [5.74, 6) is 0.0601. The Kier molecular flexibility index (Phi) is 31.2. The number of fused-ring (bicyclic) bond motifs is 5. The predicted octanol–water partition coefficient (Wildman–Crippen LogP) is 27.9. The second-order valence-corrected chi connectivity index (χ2v) is 37.8. The SMILES string of the molecule is COc1ccc(-n2nc(C)c3c(Cl)c(C(=O)Nc4ccc(Cl)cc4)cnc32)cc1.Cc1ccc(-n2nc(C)c3c(Cl)c(C(=O)Nc4ccc(C(C)C)cc4)cnc32)cc1.Cc1ccc(-n2nc(C)c3c(Cl)c(C(=O)Nc4ccc(C(C)C)cc4)cnc32)cc1.Cc1ccc(NC(=O)c2cnc3c(c(C)nn3-c3ccc(C)cc3)c2Cl)cc1.Cc1ccc(NC(=O)c2cnc3c(c(C)nn3-c3ccc(C)cc3)c2Cl)cc1. The maximum Gasteiger partial charge on any atom is 0.258 e. The van der Waals surface area contributed by atoms with E-state index in [2.05, 4.69) is 105 Å². The Morgan fingerprint density at radius 3 is 0.607 bits per heavy atom. The monoisotopic (exact) mass is 2040 g/mol. The van der Waals surface area contributed by atoms with E-state index in [9.17, 15) is 24.0 Å². The van der Waals surface area contributed by atoms with Crippen molar-refractivity contribution in [2.45, 2.75) is 116 Å². The van der Waals surface area contributed by atoms with Gasteiger partial charge in [0.05, 0.1) is 144 Å². The summed E-state index contributed by atoms with van der Waals surface area (Å²) in [4.78, 5) is 86.4. The Bertz CT molecular complexity index is 7870. The van der Waals surface area contributed by atoms with Gasteiger partial charge < -0.3 is 31.3 Å². The molecule has 0 bridgehead atoms. The first-order valence-electron chi connectivity index (χ1n) is 46.3. The third kappa shape index (κ3) is 22.8. The average Bonchev–Trinajstić information content (AvgIpc) is 1.64. The smallest absolute Gasteiger partial charge is 0.258 e. The van der Waals surface area contributed by atoms with Gasteiger partial charge in [-0.15, -0.1) is 0 Å². The highest BCUT2D eigenvalue weighted by atomic mass is 35.5. The number of anilines is 5. The van der Waals surface area contributed by atoms with Gasteiger partial charge in [-0.2, -0.15) is 25.5 Å². The first kappa shape index (κ1) is 102. The van der Waals surface area contributed by atoms with Crippen molar-refractivity contribution in [3.63, 3.8) is 0 Å². The van der Waals surface area contributed by atoms with Gasteiger partial charge >= 0.3 is 0 Å². The largest absolute Gasteiger partial charge is 0.497 e. The molecule has 145 heavy (non-hydrogen) atoms. The topological polar surface area (TPSA) is 308 Å². The van der Waals surface area contributed by atoms with Crippen LogP contribution in [0.2, 0.25) is 30.1 Å². The highest BCUT2D eigenvalue weighted by Crippen LogP contribution is 2.39. The molecule has 10 heterocycles. The maximum atomic E-state index is 12.9. The number of benzene rings is 10. The molecule has 10 aromatic heterocycles. The van der Waals surface area contributed by atoms with Gasteiger partial charge in [-0.05, 0) is 245 Å². The normalized spacial score (nSPS) is 11.1. The van der Waals surface area contributed by atoms with E-state index in [0.29, 0.717) is 154 Å². The Labute approximate surface area is 867 Å². The lowest BCUT2D eigenvalue weighted by molar-refractivity contribution is 0.101. The molecule has 0 atom stereocenters. The second-order valence-electron chi connectivity index (χ2n) is 35.5. The number of hydrogen-bond acceptors (Lipinski definition) is 16. The zero-order valence-corrected chi connectivity index (χ0v) is 86.6. The van der Waals surface area contributed by atoms with Crippen LogP contribution in [0.25, 0.3) is 83.6 Å². The number of carbonyl (C=O) groups is 5. The summed E-state index contributed by atoms with van der Waals surface area (Å²) >= 11 is 39.0. The molecule has 5 N–H and O–H groups in total. The molecule has 0 spiro atoms. The van der Waals surface area contributed by atoms with Crippen LogP contribution in [0.15, 0.2) is 274 Å². The summed E-state index contributed by atoms with van der Waals surface area (Å²) in [5.41, 5.74) is 25.4. The van der Waals surface area contributed by atoms with E-state index in [0.717, 1.165) is 79.2 Å². The summed E-state index contributed by atoms with van der Waals surface area (Å²) in [5, 5.41) is 42.9. The van der Waals surface area contributed by atoms with Gasteiger partial charge in [0.1, 0.15) is 5.75 Å². The van der Waals surface area contributed by atoms with Crippen LogP contribution in [-0.4, -0.2) is 110 Å². The minimum Gasteiger partial charge on any atom is -0.497 e. The number of aryl methyl sites for hydroxylation is 11. The Morgan fingerprint density at radius 1 is 0.248 bits per heavy atom. The average molecular weight is 2050 g/mol. The van der Waals surface area contributed by atoms with Crippen LogP contribution in [-0.2, 0) is 0 Å². The summed E-state index contributed by atoms with van der Waals surface area (Å²) < 4.78 is 13.9. The molecule has 0 aliphatic rings. The van der Waals surface area contributed by atoms with E-state index < -0.39 is 0 Å². The van der Waals surface area contributed by atoms with Crippen molar-refractivity contribution in [2.24, 2.45) is 0 Å². The van der Waals surface area contributed by atoms with E-state index in [1.165, 1.54) is 53.2 Å². The molecule has 0 saturated carbocycles. The fourth-order valence-corrected chi connectivity index (χ4v) is 17.8. The fraction of sp³-hybridized carbons (Fsp3) is 0.159. The number of carbonyl (C=O) groups excluding carboxylic acids is 5. The van der Waals surface area contributed by atoms with Crippen LogP contribution in [0.4, 0.5) is 28.4 Å². The lowest BCUT2D eigenvalue weighted by atomic mass is 10.0. The number of halogens is 6. The summed E-state index contributed by atoms with van der Waals surface area (Å²) in [7, 11) is 1.61. The Hall–Kier alpha value is -15.8. The number of rotatable bonds is 18. The van der Waals surface area contributed by atoms with Gasteiger partial charge in [0, 0.05) is 64.4 Å². The first-order valence-corrected chi connectivity index (χ1v) is 48.6. The quantitative estimate of drug-likeness (QED) is 0.0533. The minimum absolute atomic E-state index is 0.270. The Balaban J connectivity index is 0.000000130.